The monoisotopic (exact) mass is 515 g/mol. The van der Waals surface area contributed by atoms with Crippen molar-refractivity contribution in [3.05, 3.63) is 126 Å². The molecule has 2 nitrogen and oxygen atoms in total. The van der Waals surface area contributed by atoms with Gasteiger partial charge in [-0.3, -0.25) is 0 Å². The lowest BCUT2D eigenvalue weighted by Gasteiger charge is -2.33. The third kappa shape index (κ3) is 4.29. The number of fused-ring (bicyclic) bond motifs is 2. The number of aryl methyl sites for hydroxylation is 1. The van der Waals surface area contributed by atoms with Crippen molar-refractivity contribution >= 4 is 19.0 Å². The summed E-state index contributed by atoms with van der Waals surface area (Å²) in [6.45, 7) is 13.9. The molecule has 3 aliphatic rings. The van der Waals surface area contributed by atoms with Crippen molar-refractivity contribution in [2.75, 3.05) is 19.7 Å². The Balaban J connectivity index is 1.46. The van der Waals surface area contributed by atoms with Crippen LogP contribution in [0, 0.1) is 12.8 Å². The van der Waals surface area contributed by atoms with Crippen molar-refractivity contribution in [3.63, 3.8) is 0 Å². The van der Waals surface area contributed by atoms with Crippen LogP contribution in [0.1, 0.15) is 28.7 Å². The molecule has 2 atom stereocenters. The largest absolute Gasteiger partial charge is 0.489 e. The fourth-order valence-electron chi connectivity index (χ4n) is 6.59. The van der Waals surface area contributed by atoms with E-state index in [-0.39, 0.29) is 0 Å². The molecule has 6 rings (SSSR count). The minimum Gasteiger partial charge on any atom is -0.489 e. The van der Waals surface area contributed by atoms with Crippen LogP contribution in [0.15, 0.2) is 109 Å². The fraction of sp³-hybridized carbons (Fsp3) is 0.257. The van der Waals surface area contributed by atoms with Gasteiger partial charge in [0.2, 0.25) is 0 Å². The zero-order valence-electron chi connectivity index (χ0n) is 22.8. The molecular formula is C35H37NOSi. The Kier molecular flexibility index (Phi) is 6.49. The molecule has 192 valence electrons. The lowest BCUT2D eigenvalue weighted by Crippen LogP contribution is -2.47. The van der Waals surface area contributed by atoms with E-state index >= 15 is 0 Å². The zero-order valence-corrected chi connectivity index (χ0v) is 23.8. The van der Waals surface area contributed by atoms with Crippen molar-refractivity contribution in [2.24, 2.45) is 5.92 Å². The third-order valence-electron chi connectivity index (χ3n) is 8.58. The van der Waals surface area contributed by atoms with Gasteiger partial charge in [-0.2, -0.15) is 0 Å². The van der Waals surface area contributed by atoms with Crippen LogP contribution < -0.4 is 9.92 Å². The van der Waals surface area contributed by atoms with Gasteiger partial charge >= 0.3 is 0 Å². The van der Waals surface area contributed by atoms with Crippen LogP contribution in [0.5, 0.6) is 5.75 Å². The molecular weight excluding hydrogens is 478 g/mol. The molecule has 1 fully saturated rings. The molecule has 0 spiro atoms. The molecule has 0 saturated carbocycles. The van der Waals surface area contributed by atoms with Crippen molar-refractivity contribution in [1.29, 1.82) is 0 Å². The van der Waals surface area contributed by atoms with E-state index in [9.17, 15) is 0 Å². The molecule has 3 aromatic carbocycles. The maximum atomic E-state index is 6.52. The summed E-state index contributed by atoms with van der Waals surface area (Å²) in [4.78, 5) is 2.63. The lowest BCUT2D eigenvalue weighted by atomic mass is 9.95. The van der Waals surface area contributed by atoms with E-state index in [1.54, 1.807) is 5.57 Å². The van der Waals surface area contributed by atoms with E-state index in [0.717, 1.165) is 25.3 Å². The summed E-state index contributed by atoms with van der Waals surface area (Å²) in [5.74, 6) is 1.68. The number of benzene rings is 3. The second-order valence-corrected chi connectivity index (χ2v) is 16.1. The van der Waals surface area contributed by atoms with Crippen molar-refractivity contribution < 1.29 is 4.74 Å². The second kappa shape index (κ2) is 9.96. The topological polar surface area (TPSA) is 12.5 Å². The summed E-state index contributed by atoms with van der Waals surface area (Å²) in [6, 6.07) is 24.4. The first-order chi connectivity index (χ1) is 18.5. The Bertz CT molecular complexity index is 1460. The van der Waals surface area contributed by atoms with Crippen LogP contribution in [0.3, 0.4) is 0 Å². The smallest absolute Gasteiger partial charge is 0.126 e. The van der Waals surface area contributed by atoms with Crippen LogP contribution in [-0.4, -0.2) is 32.7 Å². The first-order valence-electron chi connectivity index (χ1n) is 13.8. The molecule has 0 aromatic heterocycles. The molecule has 1 heterocycles. The van der Waals surface area contributed by atoms with E-state index < -0.39 is 8.07 Å². The highest BCUT2D eigenvalue weighted by Gasteiger charge is 2.42. The molecule has 2 aliphatic carbocycles. The zero-order chi connectivity index (χ0) is 26.3. The summed E-state index contributed by atoms with van der Waals surface area (Å²) >= 11 is 0. The molecule has 1 saturated heterocycles. The van der Waals surface area contributed by atoms with Gasteiger partial charge in [0.05, 0.1) is 8.07 Å². The Morgan fingerprint density at radius 3 is 2.61 bits per heavy atom. The maximum absolute atomic E-state index is 6.52. The van der Waals surface area contributed by atoms with Crippen molar-refractivity contribution in [3.8, 4) is 16.9 Å². The van der Waals surface area contributed by atoms with Gasteiger partial charge in [-0.15, -0.1) is 0 Å². The summed E-state index contributed by atoms with van der Waals surface area (Å²) in [6.07, 6.45) is 12.5. The van der Waals surface area contributed by atoms with Gasteiger partial charge < -0.3 is 9.64 Å². The molecule has 2 unspecified atom stereocenters. The quantitative estimate of drug-likeness (QED) is 0.237. The van der Waals surface area contributed by atoms with E-state index in [2.05, 4.69) is 123 Å². The first-order valence-corrected chi connectivity index (χ1v) is 16.9. The van der Waals surface area contributed by atoms with Gasteiger partial charge in [0, 0.05) is 41.4 Å². The molecule has 0 bridgehead atoms. The highest BCUT2D eigenvalue weighted by molar-refractivity contribution is 6.92. The number of hydrogen-bond acceptors (Lipinski definition) is 2. The maximum Gasteiger partial charge on any atom is 0.126 e. The van der Waals surface area contributed by atoms with E-state index in [4.69, 9.17) is 4.74 Å². The summed E-state index contributed by atoms with van der Waals surface area (Å²) in [5, 5.41) is 1.39. The van der Waals surface area contributed by atoms with Gasteiger partial charge in [-0.1, -0.05) is 116 Å². The summed E-state index contributed by atoms with van der Waals surface area (Å²) in [5.41, 5.74) is 9.92. The Labute approximate surface area is 228 Å². The minimum atomic E-state index is -2.11. The molecule has 3 aromatic rings. The van der Waals surface area contributed by atoms with Gasteiger partial charge in [0.25, 0.3) is 0 Å². The number of hydrogen-bond donors (Lipinski definition) is 0. The predicted molar refractivity (Wildman–Crippen MR) is 163 cm³/mol. The summed E-state index contributed by atoms with van der Waals surface area (Å²) in [7, 11) is -2.11. The highest BCUT2D eigenvalue weighted by atomic mass is 28.3. The normalized spacial score (nSPS) is 20.0. The van der Waals surface area contributed by atoms with Crippen LogP contribution >= 0.6 is 0 Å². The van der Waals surface area contributed by atoms with Gasteiger partial charge in [0.1, 0.15) is 12.4 Å². The minimum absolute atomic E-state index is 0.375. The van der Waals surface area contributed by atoms with E-state index in [1.807, 2.05) is 6.08 Å². The molecule has 1 aliphatic heterocycles. The van der Waals surface area contributed by atoms with Crippen LogP contribution in [-0.2, 0) is 0 Å². The fourth-order valence-corrected chi connectivity index (χ4v) is 9.92. The average molecular weight is 516 g/mol. The molecule has 0 amide bonds. The molecule has 3 heteroatoms. The van der Waals surface area contributed by atoms with Crippen LogP contribution in [0.25, 0.3) is 16.8 Å². The van der Waals surface area contributed by atoms with E-state index in [1.165, 1.54) is 38.7 Å². The van der Waals surface area contributed by atoms with Crippen molar-refractivity contribution in [2.45, 2.75) is 32.0 Å². The standard InChI is InChI=1S/C35H37NOSi/c1-5-19-37-35-31(26-13-7-6-8-14-26)20-25(2)21-34(35)38(3,4)33-22-32(29-17-11-12-18-30(29)33)36-23-27-15-9-10-16-28(27)24-36/h5-15,17-18,20-22,28,33H,1,16,19,23-24H2,2-4H3. The first kappa shape index (κ1) is 24.8. The Hall–Kier alpha value is -3.56. The number of likely N-dealkylation sites (tertiary alicyclic amines) is 1. The second-order valence-electron chi connectivity index (χ2n) is 11.5. The number of allylic oxidation sites excluding steroid dienone is 4. The number of ether oxygens (including phenoxy) is 1. The van der Waals surface area contributed by atoms with Gasteiger partial charge in [-0.05, 0) is 41.3 Å². The van der Waals surface area contributed by atoms with Gasteiger partial charge in [0.15, 0.2) is 0 Å². The molecule has 38 heavy (non-hydrogen) atoms. The van der Waals surface area contributed by atoms with Crippen LogP contribution in [0.4, 0.5) is 0 Å². The van der Waals surface area contributed by atoms with E-state index in [0.29, 0.717) is 18.1 Å². The summed E-state index contributed by atoms with van der Waals surface area (Å²) < 4.78 is 6.52. The third-order valence-corrected chi connectivity index (χ3v) is 12.4. The number of nitrogens with zero attached hydrogens (tertiary/aromatic N) is 1. The van der Waals surface area contributed by atoms with Gasteiger partial charge in [-0.25, -0.2) is 0 Å². The lowest BCUT2D eigenvalue weighted by molar-refractivity contribution is 0.367. The predicted octanol–water partition coefficient (Wildman–Crippen LogP) is 7.64. The van der Waals surface area contributed by atoms with Crippen LogP contribution in [0.2, 0.25) is 13.1 Å². The SMILES string of the molecule is C=CCOc1c(-c2ccccc2)cc(C)cc1[Si](C)(C)C1C=C(N2CC3=CC=CCC3C2)c2ccccc21. The van der Waals surface area contributed by atoms with Crippen molar-refractivity contribution in [1.82, 2.24) is 4.90 Å². The highest BCUT2D eigenvalue weighted by Crippen LogP contribution is 2.46. The molecule has 0 radical (unpaired) electrons. The molecule has 0 N–H and O–H groups in total. The number of rotatable bonds is 7. The Morgan fingerprint density at radius 1 is 1.03 bits per heavy atom. The average Bonchev–Trinajstić information content (AvgIpc) is 3.54. The Morgan fingerprint density at radius 2 is 1.82 bits per heavy atom.